The summed E-state index contributed by atoms with van der Waals surface area (Å²) in [6, 6.07) is 22.2. The highest BCUT2D eigenvalue weighted by Crippen LogP contribution is 2.29. The minimum Gasteiger partial charge on any atom is -0.345 e. The molecule has 2 aromatic carbocycles. The Hall–Kier alpha value is -2.90. The highest BCUT2D eigenvalue weighted by Gasteiger charge is 2.16. The minimum atomic E-state index is 0.0115. The normalized spacial score (nSPS) is 10.9. The maximum Gasteiger partial charge on any atom is 0.253 e. The molecule has 0 N–H and O–H groups in total. The van der Waals surface area contributed by atoms with Crippen LogP contribution in [0.1, 0.15) is 21.5 Å². The number of rotatable bonds is 7. The maximum absolute atomic E-state index is 12.1. The van der Waals surface area contributed by atoms with Crippen LogP contribution >= 0.6 is 23.1 Å². The molecule has 0 radical (unpaired) electrons. The van der Waals surface area contributed by atoms with E-state index in [1.807, 2.05) is 48.5 Å². The Balaban J connectivity index is 1.54. The predicted molar refractivity (Wildman–Crippen MR) is 123 cm³/mol. The fourth-order valence-corrected chi connectivity index (χ4v) is 4.65. The predicted octanol–water partition coefficient (Wildman–Crippen LogP) is 5.05. The minimum absolute atomic E-state index is 0.0115. The van der Waals surface area contributed by atoms with Crippen LogP contribution in [0.4, 0.5) is 0 Å². The zero-order valence-electron chi connectivity index (χ0n) is 16.9. The van der Waals surface area contributed by atoms with Gasteiger partial charge in [0.15, 0.2) is 11.0 Å². The van der Waals surface area contributed by atoms with Crippen molar-refractivity contribution in [2.75, 3.05) is 14.1 Å². The second kappa shape index (κ2) is 9.28. The van der Waals surface area contributed by atoms with Crippen molar-refractivity contribution in [1.29, 1.82) is 0 Å². The van der Waals surface area contributed by atoms with E-state index < -0.39 is 0 Å². The topological polar surface area (TPSA) is 51.0 Å². The zero-order valence-corrected chi connectivity index (χ0v) is 18.5. The molecular weight excluding hydrogens is 412 g/mol. The summed E-state index contributed by atoms with van der Waals surface area (Å²) in [6.45, 7) is 0.722. The third-order valence-corrected chi connectivity index (χ3v) is 6.52. The number of hydrogen-bond acceptors (Lipinski definition) is 5. The second-order valence-corrected chi connectivity index (χ2v) is 8.93. The highest BCUT2D eigenvalue weighted by atomic mass is 32.2. The van der Waals surface area contributed by atoms with Crippen molar-refractivity contribution in [3.05, 3.63) is 88.8 Å². The maximum atomic E-state index is 12.1. The number of nitrogens with zero attached hydrogens (tertiary/aromatic N) is 4. The number of carbonyl (C=O) groups excluding carboxylic acids is 1. The Morgan fingerprint density at radius 3 is 2.40 bits per heavy atom. The molecule has 7 heteroatoms. The fourth-order valence-electron chi connectivity index (χ4n) is 3.04. The molecular formula is C23H22N4OS2. The Morgan fingerprint density at radius 1 is 0.967 bits per heavy atom. The number of aromatic nitrogens is 3. The Labute approximate surface area is 184 Å². The SMILES string of the molecule is CN(C)C(=O)c1ccc(CSc2nnc(-c3cccs3)n2Cc2ccccc2)cc1. The van der Waals surface area contributed by atoms with Crippen LogP contribution in [0.25, 0.3) is 10.7 Å². The van der Waals surface area contributed by atoms with E-state index in [1.165, 1.54) is 5.56 Å². The molecule has 2 aromatic heterocycles. The van der Waals surface area contributed by atoms with Crippen molar-refractivity contribution < 1.29 is 4.79 Å². The van der Waals surface area contributed by atoms with E-state index >= 15 is 0 Å². The molecule has 5 nitrogen and oxygen atoms in total. The first-order valence-electron chi connectivity index (χ1n) is 9.56. The van der Waals surface area contributed by atoms with E-state index in [1.54, 1.807) is 42.1 Å². The van der Waals surface area contributed by atoms with Gasteiger partial charge >= 0.3 is 0 Å². The van der Waals surface area contributed by atoms with Crippen molar-refractivity contribution in [1.82, 2.24) is 19.7 Å². The van der Waals surface area contributed by atoms with Gasteiger partial charge in [-0.1, -0.05) is 60.3 Å². The van der Waals surface area contributed by atoms with E-state index in [4.69, 9.17) is 0 Å². The monoisotopic (exact) mass is 434 g/mol. The molecule has 4 aromatic rings. The lowest BCUT2D eigenvalue weighted by atomic mass is 10.1. The van der Waals surface area contributed by atoms with Crippen LogP contribution in [-0.4, -0.2) is 39.7 Å². The largest absolute Gasteiger partial charge is 0.345 e. The summed E-state index contributed by atoms with van der Waals surface area (Å²) in [6.07, 6.45) is 0. The smallest absolute Gasteiger partial charge is 0.253 e. The van der Waals surface area contributed by atoms with Crippen LogP contribution in [0, 0.1) is 0 Å². The summed E-state index contributed by atoms with van der Waals surface area (Å²) in [5, 5.41) is 11.9. The molecule has 0 saturated heterocycles. The van der Waals surface area contributed by atoms with E-state index in [0.717, 1.165) is 33.7 Å². The molecule has 0 fully saturated rings. The second-order valence-electron chi connectivity index (χ2n) is 7.04. The van der Waals surface area contributed by atoms with Gasteiger partial charge in [-0.3, -0.25) is 9.36 Å². The summed E-state index contributed by atoms with van der Waals surface area (Å²) < 4.78 is 2.18. The summed E-state index contributed by atoms with van der Waals surface area (Å²) >= 11 is 3.32. The van der Waals surface area contributed by atoms with Gasteiger partial charge in [0.1, 0.15) is 0 Å². The number of thioether (sulfide) groups is 1. The molecule has 0 spiro atoms. The lowest BCUT2D eigenvalue weighted by molar-refractivity contribution is 0.0827. The van der Waals surface area contributed by atoms with Crippen LogP contribution < -0.4 is 0 Å². The zero-order chi connectivity index (χ0) is 20.9. The Bertz CT molecular complexity index is 1100. The van der Waals surface area contributed by atoms with Crippen LogP contribution in [0.3, 0.4) is 0 Å². The Kier molecular flexibility index (Phi) is 6.30. The van der Waals surface area contributed by atoms with Gasteiger partial charge in [0.25, 0.3) is 5.91 Å². The average Bonchev–Trinajstić information content (AvgIpc) is 3.43. The summed E-state index contributed by atoms with van der Waals surface area (Å²) in [5.41, 5.74) is 3.05. The quantitative estimate of drug-likeness (QED) is 0.382. The van der Waals surface area contributed by atoms with E-state index in [2.05, 4.69) is 38.3 Å². The van der Waals surface area contributed by atoms with E-state index in [0.29, 0.717) is 5.56 Å². The van der Waals surface area contributed by atoms with Crippen LogP contribution in [0.5, 0.6) is 0 Å². The van der Waals surface area contributed by atoms with Gasteiger partial charge in [-0.15, -0.1) is 21.5 Å². The summed E-state index contributed by atoms with van der Waals surface area (Å²) in [5.74, 6) is 1.66. The standard InChI is InChI=1S/C23H22N4OS2/c1-26(2)22(28)19-12-10-18(11-13-19)16-30-23-25-24-21(20-9-6-14-29-20)27(23)15-17-7-4-3-5-8-17/h3-14H,15-16H2,1-2H3. The van der Waals surface area contributed by atoms with Crippen molar-refractivity contribution in [2.45, 2.75) is 17.5 Å². The van der Waals surface area contributed by atoms with Gasteiger partial charge in [0.05, 0.1) is 11.4 Å². The number of amides is 1. The molecule has 1 amide bonds. The van der Waals surface area contributed by atoms with Crippen LogP contribution in [0.15, 0.2) is 77.3 Å². The lowest BCUT2D eigenvalue weighted by Gasteiger charge is -2.11. The summed E-state index contributed by atoms with van der Waals surface area (Å²) in [7, 11) is 3.52. The summed E-state index contributed by atoms with van der Waals surface area (Å²) in [4.78, 5) is 14.8. The molecule has 2 heterocycles. The molecule has 0 bridgehead atoms. The van der Waals surface area contributed by atoms with Gasteiger partial charge in [0, 0.05) is 25.4 Å². The molecule has 0 unspecified atom stereocenters. The number of hydrogen-bond donors (Lipinski definition) is 0. The molecule has 152 valence electrons. The number of benzene rings is 2. The van der Waals surface area contributed by atoms with E-state index in [9.17, 15) is 4.79 Å². The molecule has 0 aliphatic heterocycles. The lowest BCUT2D eigenvalue weighted by Crippen LogP contribution is -2.21. The molecule has 30 heavy (non-hydrogen) atoms. The number of carbonyl (C=O) groups is 1. The first-order valence-corrected chi connectivity index (χ1v) is 11.4. The molecule has 0 aliphatic rings. The van der Waals surface area contributed by atoms with Crippen molar-refractivity contribution in [2.24, 2.45) is 0 Å². The van der Waals surface area contributed by atoms with Crippen molar-refractivity contribution in [3.63, 3.8) is 0 Å². The Morgan fingerprint density at radius 2 is 1.73 bits per heavy atom. The molecule has 0 atom stereocenters. The van der Waals surface area contributed by atoms with Gasteiger partial charge in [-0.25, -0.2) is 0 Å². The fraction of sp³-hybridized carbons (Fsp3) is 0.174. The third kappa shape index (κ3) is 4.63. The first kappa shape index (κ1) is 20.4. The van der Waals surface area contributed by atoms with Gasteiger partial charge in [-0.2, -0.15) is 0 Å². The van der Waals surface area contributed by atoms with Crippen LogP contribution in [-0.2, 0) is 12.3 Å². The molecule has 0 saturated carbocycles. The highest BCUT2D eigenvalue weighted by molar-refractivity contribution is 7.98. The van der Waals surface area contributed by atoms with Crippen molar-refractivity contribution >= 4 is 29.0 Å². The average molecular weight is 435 g/mol. The third-order valence-electron chi connectivity index (χ3n) is 4.62. The van der Waals surface area contributed by atoms with Gasteiger partial charge in [0.2, 0.25) is 0 Å². The number of thiophene rings is 1. The molecule has 0 aliphatic carbocycles. The van der Waals surface area contributed by atoms with E-state index in [-0.39, 0.29) is 5.91 Å². The van der Waals surface area contributed by atoms with Crippen LogP contribution in [0.2, 0.25) is 0 Å². The van der Waals surface area contributed by atoms with Gasteiger partial charge in [-0.05, 0) is 34.7 Å². The first-order chi connectivity index (χ1) is 14.6. The molecule has 4 rings (SSSR count). The van der Waals surface area contributed by atoms with Gasteiger partial charge < -0.3 is 4.90 Å². The van der Waals surface area contributed by atoms with Crippen molar-refractivity contribution in [3.8, 4) is 10.7 Å².